The lowest BCUT2D eigenvalue weighted by Gasteiger charge is -2.14. The molecule has 0 radical (unpaired) electrons. The molecule has 1 aromatic heterocycles. The first-order chi connectivity index (χ1) is 14.9. The van der Waals surface area contributed by atoms with Crippen LogP contribution in [0, 0.1) is 0 Å². The minimum Gasteiger partial charge on any atom is -0.495 e. The largest absolute Gasteiger partial charge is 0.495 e. The van der Waals surface area contributed by atoms with Gasteiger partial charge in [-0.25, -0.2) is 27.1 Å². The lowest BCUT2D eigenvalue weighted by atomic mass is 10.3. The molecule has 0 atom stereocenters. The van der Waals surface area contributed by atoms with Gasteiger partial charge in [-0.15, -0.1) is 0 Å². The topological polar surface area (TPSA) is 146 Å². The number of H-pyrrole nitrogens is 1. The van der Waals surface area contributed by atoms with E-state index in [1.165, 1.54) is 19.2 Å². The molecule has 3 N–H and O–H groups in total. The molecule has 32 heavy (non-hydrogen) atoms. The Hall–Kier alpha value is -3.00. The van der Waals surface area contributed by atoms with E-state index < -0.39 is 33.4 Å². The summed E-state index contributed by atoms with van der Waals surface area (Å²) in [7, 11) is -2.90. The van der Waals surface area contributed by atoms with Crippen LogP contribution in [0.15, 0.2) is 44.8 Å². The van der Waals surface area contributed by atoms with Crippen molar-refractivity contribution in [2.75, 3.05) is 7.11 Å². The lowest BCUT2D eigenvalue weighted by Crippen LogP contribution is -2.34. The first-order valence-electron chi connectivity index (χ1n) is 8.32. The number of nitrogens with one attached hydrogen (secondary N) is 1. The van der Waals surface area contributed by atoms with Crippen LogP contribution in [-0.4, -0.2) is 30.3 Å². The maximum Gasteiger partial charge on any atom is 0.349 e. The van der Waals surface area contributed by atoms with Gasteiger partial charge in [0.25, 0.3) is 12.0 Å². The van der Waals surface area contributed by atoms with E-state index in [9.17, 15) is 26.8 Å². The summed E-state index contributed by atoms with van der Waals surface area (Å²) in [5.41, 5.74) is -3.75. The average molecular weight is 509 g/mol. The van der Waals surface area contributed by atoms with E-state index >= 15 is 0 Å². The number of hydrogen-bond acceptors (Lipinski definition) is 7. The molecule has 2 aromatic carbocycles. The summed E-state index contributed by atoms with van der Waals surface area (Å²) in [5, 5.41) is 8.15. The molecule has 0 fully saturated rings. The number of primary sulfonamides is 1. The molecule has 0 aliphatic carbocycles. The zero-order valence-corrected chi connectivity index (χ0v) is 18.1. The summed E-state index contributed by atoms with van der Waals surface area (Å²) in [6, 6.07) is 5.97. The van der Waals surface area contributed by atoms with Gasteiger partial charge < -0.3 is 9.47 Å². The number of benzene rings is 2. The van der Waals surface area contributed by atoms with E-state index in [4.69, 9.17) is 37.8 Å². The Morgan fingerprint density at radius 3 is 2.31 bits per heavy atom. The highest BCUT2D eigenvalue weighted by molar-refractivity contribution is 7.89. The standard InChI is InChI=1S/C17H12Cl2F2N4O6S/c1-30-11-3-2-8(6-12(11)32(22,28)29)31-14-9(18)4-7(5-10(14)19)25-17(27)23-16(26)13(24-25)15(20)21/h2-6,15H,1H3,(H2,22,28,29)(H,23,26,27). The Morgan fingerprint density at radius 2 is 1.78 bits per heavy atom. The van der Waals surface area contributed by atoms with Gasteiger partial charge in [0.15, 0.2) is 11.4 Å². The number of nitrogens with two attached hydrogens (primary N) is 1. The van der Waals surface area contributed by atoms with E-state index in [1.807, 2.05) is 0 Å². The molecule has 3 rings (SSSR count). The molecule has 0 spiro atoms. The highest BCUT2D eigenvalue weighted by atomic mass is 35.5. The predicted octanol–water partition coefficient (Wildman–Crippen LogP) is 2.61. The van der Waals surface area contributed by atoms with E-state index in [0.29, 0.717) is 4.68 Å². The molecular formula is C17H12Cl2F2N4O6S. The number of aromatic nitrogens is 3. The number of nitrogens with zero attached hydrogens (tertiary/aromatic N) is 2. The molecule has 0 amide bonds. The van der Waals surface area contributed by atoms with Gasteiger partial charge in [-0.1, -0.05) is 23.2 Å². The quantitative estimate of drug-likeness (QED) is 0.519. The fraction of sp³-hybridized carbons (Fsp3) is 0.118. The molecule has 0 saturated carbocycles. The molecule has 1 heterocycles. The van der Waals surface area contributed by atoms with Gasteiger partial charge in [0, 0.05) is 6.07 Å². The van der Waals surface area contributed by atoms with Crippen molar-refractivity contribution < 1.29 is 26.7 Å². The highest BCUT2D eigenvalue weighted by Crippen LogP contribution is 2.39. The Labute approximate surface area is 188 Å². The number of ether oxygens (including phenoxy) is 2. The van der Waals surface area contributed by atoms with Gasteiger partial charge in [0.05, 0.1) is 22.8 Å². The monoisotopic (exact) mass is 508 g/mol. The van der Waals surface area contributed by atoms with Gasteiger partial charge in [-0.05, 0) is 24.3 Å². The summed E-state index contributed by atoms with van der Waals surface area (Å²) in [4.78, 5) is 24.8. The number of halogens is 4. The third-order valence-electron chi connectivity index (χ3n) is 3.95. The number of sulfonamides is 1. The number of hydrogen-bond donors (Lipinski definition) is 2. The zero-order valence-electron chi connectivity index (χ0n) is 15.8. The van der Waals surface area contributed by atoms with E-state index in [0.717, 1.165) is 18.2 Å². The minimum atomic E-state index is -4.15. The second-order valence-electron chi connectivity index (χ2n) is 6.06. The molecule has 0 unspecified atom stereocenters. The first-order valence-corrected chi connectivity index (χ1v) is 10.6. The fourth-order valence-corrected chi connectivity index (χ4v) is 3.82. The Bertz CT molecular complexity index is 1400. The summed E-state index contributed by atoms with van der Waals surface area (Å²) < 4.78 is 60.4. The Balaban J connectivity index is 2.06. The number of alkyl halides is 2. The van der Waals surface area contributed by atoms with Crippen molar-refractivity contribution in [1.82, 2.24) is 14.8 Å². The van der Waals surface area contributed by atoms with Gasteiger partial charge >= 0.3 is 5.69 Å². The van der Waals surface area contributed by atoms with Gasteiger partial charge in [0.2, 0.25) is 10.0 Å². The van der Waals surface area contributed by atoms with Crippen molar-refractivity contribution in [2.24, 2.45) is 5.14 Å². The van der Waals surface area contributed by atoms with Crippen molar-refractivity contribution in [3.8, 4) is 22.9 Å². The van der Waals surface area contributed by atoms with E-state index in [1.54, 1.807) is 4.98 Å². The van der Waals surface area contributed by atoms with Crippen LogP contribution in [0.1, 0.15) is 12.1 Å². The molecule has 3 aromatic rings. The maximum absolute atomic E-state index is 13.0. The van der Waals surface area contributed by atoms with Gasteiger partial charge in [-0.3, -0.25) is 9.78 Å². The van der Waals surface area contributed by atoms with Crippen molar-refractivity contribution in [3.63, 3.8) is 0 Å². The molecule has 0 aliphatic rings. The van der Waals surface area contributed by atoms with Crippen LogP contribution >= 0.6 is 23.2 Å². The Morgan fingerprint density at radius 1 is 1.16 bits per heavy atom. The van der Waals surface area contributed by atoms with Crippen molar-refractivity contribution in [3.05, 3.63) is 66.9 Å². The number of rotatable bonds is 6. The van der Waals surface area contributed by atoms with Crippen LogP contribution in [0.2, 0.25) is 10.0 Å². The summed E-state index contributed by atoms with van der Waals surface area (Å²) >= 11 is 12.3. The molecule has 15 heteroatoms. The minimum absolute atomic E-state index is 0.0225. The maximum atomic E-state index is 13.0. The van der Waals surface area contributed by atoms with Crippen molar-refractivity contribution in [1.29, 1.82) is 0 Å². The third-order valence-corrected chi connectivity index (χ3v) is 5.44. The number of aromatic amines is 1. The van der Waals surface area contributed by atoms with Gasteiger partial charge in [-0.2, -0.15) is 9.78 Å². The normalized spacial score (nSPS) is 11.6. The molecule has 0 bridgehead atoms. The van der Waals surface area contributed by atoms with Crippen molar-refractivity contribution in [2.45, 2.75) is 11.3 Å². The molecule has 10 nitrogen and oxygen atoms in total. The van der Waals surface area contributed by atoms with Crippen LogP contribution in [0.4, 0.5) is 8.78 Å². The van der Waals surface area contributed by atoms with E-state index in [-0.39, 0.29) is 37.9 Å². The van der Waals surface area contributed by atoms with Crippen LogP contribution in [-0.2, 0) is 10.0 Å². The van der Waals surface area contributed by atoms with Crippen LogP contribution in [0.25, 0.3) is 5.69 Å². The summed E-state index contributed by atoms with van der Waals surface area (Å²) in [6.07, 6.45) is -3.23. The molecule has 170 valence electrons. The van der Waals surface area contributed by atoms with Crippen LogP contribution < -0.4 is 25.9 Å². The smallest absolute Gasteiger partial charge is 0.349 e. The molecule has 0 saturated heterocycles. The fourth-order valence-electron chi connectivity index (χ4n) is 2.56. The predicted molar refractivity (Wildman–Crippen MR) is 110 cm³/mol. The second-order valence-corrected chi connectivity index (χ2v) is 8.40. The van der Waals surface area contributed by atoms with Crippen LogP contribution in [0.5, 0.6) is 17.2 Å². The molecule has 0 aliphatic heterocycles. The third kappa shape index (κ3) is 4.75. The lowest BCUT2D eigenvalue weighted by molar-refractivity contribution is 0.141. The second kappa shape index (κ2) is 8.86. The zero-order chi connectivity index (χ0) is 23.8. The first kappa shape index (κ1) is 23.7. The van der Waals surface area contributed by atoms with Gasteiger partial charge in [0.1, 0.15) is 16.4 Å². The molecular weight excluding hydrogens is 497 g/mol. The van der Waals surface area contributed by atoms with Crippen molar-refractivity contribution >= 4 is 33.2 Å². The SMILES string of the molecule is COc1ccc(Oc2c(Cl)cc(-n3nc(C(F)F)c(=O)[nH]c3=O)cc2Cl)cc1S(N)(=O)=O. The van der Waals surface area contributed by atoms with Crippen LogP contribution in [0.3, 0.4) is 0 Å². The summed E-state index contributed by atoms with van der Waals surface area (Å²) in [6.45, 7) is 0. The highest BCUT2D eigenvalue weighted by Gasteiger charge is 2.20. The Kier molecular flexibility index (Phi) is 6.55. The van der Waals surface area contributed by atoms with E-state index in [2.05, 4.69) is 5.10 Å². The summed E-state index contributed by atoms with van der Waals surface area (Å²) in [5.74, 6) is -0.189. The number of methoxy groups -OCH3 is 1. The average Bonchev–Trinajstić information content (AvgIpc) is 2.69.